The van der Waals surface area contributed by atoms with Gasteiger partial charge in [-0.3, -0.25) is 4.79 Å². The van der Waals surface area contributed by atoms with E-state index >= 15 is 0 Å². The molecule has 0 fully saturated rings. The van der Waals surface area contributed by atoms with E-state index in [1.807, 2.05) is 31.4 Å². The molecule has 4 rings (SSSR count). The minimum Gasteiger partial charge on any atom is -0.351 e. The third-order valence-corrected chi connectivity index (χ3v) is 5.09. The summed E-state index contributed by atoms with van der Waals surface area (Å²) in [5.74, 6) is 0.369. The smallest absolute Gasteiger partial charge is 0.230 e. The quantitative estimate of drug-likeness (QED) is 0.562. The highest BCUT2D eigenvalue weighted by atomic mass is 32.2. The summed E-state index contributed by atoms with van der Waals surface area (Å²) in [5, 5.41) is 8.34. The van der Waals surface area contributed by atoms with Crippen LogP contribution in [0.4, 0.5) is 0 Å². The average Bonchev–Trinajstić information content (AvgIpc) is 3.20. The molecule has 1 aromatic carbocycles. The largest absolute Gasteiger partial charge is 0.351 e. The number of nitrogens with one attached hydrogen (secondary N) is 1. The molecule has 4 aromatic rings. The van der Waals surface area contributed by atoms with Crippen LogP contribution < -0.4 is 5.32 Å². The predicted molar refractivity (Wildman–Crippen MR) is 98.5 cm³/mol. The summed E-state index contributed by atoms with van der Waals surface area (Å²) in [7, 11) is 2.02. The van der Waals surface area contributed by atoms with Crippen molar-refractivity contribution in [3.05, 3.63) is 60.7 Å². The van der Waals surface area contributed by atoms with Crippen molar-refractivity contribution in [3.8, 4) is 0 Å². The lowest BCUT2D eigenvalue weighted by atomic mass is 10.2. The van der Waals surface area contributed by atoms with Crippen LogP contribution in [0.25, 0.3) is 16.6 Å². The number of rotatable bonds is 5. The lowest BCUT2D eigenvalue weighted by Gasteiger charge is -2.03. The predicted octanol–water partition coefficient (Wildman–Crippen LogP) is 2.63. The number of aromatic nitrogens is 4. The maximum atomic E-state index is 12.2. The fourth-order valence-corrected chi connectivity index (χ4v) is 3.76. The van der Waals surface area contributed by atoms with Gasteiger partial charge in [0.2, 0.25) is 5.91 Å². The van der Waals surface area contributed by atoms with Gasteiger partial charge in [0.1, 0.15) is 0 Å². The number of aryl methyl sites for hydroxylation is 1. The number of amides is 1. The number of hydrogen-bond donors (Lipinski definition) is 1. The third kappa shape index (κ3) is 3.10. The van der Waals surface area contributed by atoms with Crippen LogP contribution in [-0.4, -0.2) is 30.8 Å². The molecule has 3 heterocycles. The van der Waals surface area contributed by atoms with Crippen LogP contribution in [0.3, 0.4) is 0 Å². The highest BCUT2D eigenvalue weighted by Crippen LogP contribution is 2.29. The molecule has 0 aliphatic rings. The van der Waals surface area contributed by atoms with Gasteiger partial charge in [-0.25, -0.2) is 9.50 Å². The van der Waals surface area contributed by atoms with Gasteiger partial charge in [0.15, 0.2) is 5.65 Å². The summed E-state index contributed by atoms with van der Waals surface area (Å²) < 4.78 is 3.78. The Kier molecular flexibility index (Phi) is 4.15. The van der Waals surface area contributed by atoms with E-state index < -0.39 is 0 Å². The van der Waals surface area contributed by atoms with E-state index in [0.717, 1.165) is 16.1 Å². The minimum absolute atomic E-state index is 0.00628. The van der Waals surface area contributed by atoms with Crippen molar-refractivity contribution in [2.24, 2.45) is 7.05 Å². The molecular weight excluding hydrogens is 334 g/mol. The molecule has 0 radical (unpaired) electrons. The van der Waals surface area contributed by atoms with Gasteiger partial charge >= 0.3 is 0 Å². The van der Waals surface area contributed by atoms with Crippen LogP contribution in [0, 0.1) is 0 Å². The van der Waals surface area contributed by atoms with E-state index in [0.29, 0.717) is 12.3 Å². The zero-order chi connectivity index (χ0) is 17.2. The SMILES string of the molecule is Cn1cc(SCC(=O)NCc2cnn3cccnc23)c2ccccc21. The Morgan fingerprint density at radius 3 is 3.08 bits per heavy atom. The Balaban J connectivity index is 1.39. The molecule has 0 spiro atoms. The van der Waals surface area contributed by atoms with Crippen molar-refractivity contribution in [3.63, 3.8) is 0 Å². The summed E-state index contributed by atoms with van der Waals surface area (Å²) in [6, 6.07) is 10.0. The van der Waals surface area contributed by atoms with Crippen LogP contribution in [0.2, 0.25) is 0 Å². The number of carbonyl (C=O) groups excluding carboxylic acids is 1. The molecule has 0 saturated carbocycles. The molecule has 0 aliphatic carbocycles. The second-order valence-electron chi connectivity index (χ2n) is 5.74. The van der Waals surface area contributed by atoms with E-state index in [2.05, 4.69) is 38.3 Å². The zero-order valence-corrected chi connectivity index (χ0v) is 14.5. The minimum atomic E-state index is -0.00628. The van der Waals surface area contributed by atoms with E-state index in [-0.39, 0.29) is 5.91 Å². The Bertz CT molecular complexity index is 1050. The van der Waals surface area contributed by atoms with Gasteiger partial charge in [0.25, 0.3) is 0 Å². The Morgan fingerprint density at radius 2 is 2.16 bits per heavy atom. The topological polar surface area (TPSA) is 64.2 Å². The van der Waals surface area contributed by atoms with Gasteiger partial charge in [-0.2, -0.15) is 5.10 Å². The number of hydrogen-bond acceptors (Lipinski definition) is 4. The normalized spacial score (nSPS) is 11.2. The van der Waals surface area contributed by atoms with Gasteiger partial charge in [0, 0.05) is 53.5 Å². The first-order valence-electron chi connectivity index (χ1n) is 7.93. The number of thioether (sulfide) groups is 1. The molecule has 3 aromatic heterocycles. The summed E-state index contributed by atoms with van der Waals surface area (Å²) in [4.78, 5) is 17.6. The van der Waals surface area contributed by atoms with Gasteiger partial charge < -0.3 is 9.88 Å². The molecule has 126 valence electrons. The monoisotopic (exact) mass is 351 g/mol. The van der Waals surface area contributed by atoms with Crippen LogP contribution in [-0.2, 0) is 18.4 Å². The van der Waals surface area contributed by atoms with Gasteiger partial charge in [-0.15, -0.1) is 11.8 Å². The van der Waals surface area contributed by atoms with Gasteiger partial charge in [-0.05, 0) is 12.1 Å². The summed E-state index contributed by atoms with van der Waals surface area (Å²) in [6.45, 7) is 0.426. The highest BCUT2D eigenvalue weighted by Gasteiger charge is 2.10. The molecule has 0 bridgehead atoms. The Labute approximate surface area is 148 Å². The second kappa shape index (κ2) is 6.60. The molecule has 0 saturated heterocycles. The van der Waals surface area contributed by atoms with Crippen LogP contribution in [0.5, 0.6) is 0 Å². The molecule has 0 aliphatic heterocycles. The van der Waals surface area contributed by atoms with Crippen molar-refractivity contribution in [1.82, 2.24) is 24.5 Å². The summed E-state index contributed by atoms with van der Waals surface area (Å²) >= 11 is 1.55. The first-order chi connectivity index (χ1) is 12.2. The number of fused-ring (bicyclic) bond motifs is 2. The summed E-state index contributed by atoms with van der Waals surface area (Å²) in [6.07, 6.45) is 7.36. The van der Waals surface area contributed by atoms with E-state index in [1.54, 1.807) is 28.7 Å². The van der Waals surface area contributed by atoms with E-state index in [4.69, 9.17) is 0 Å². The van der Waals surface area contributed by atoms with Gasteiger partial charge in [0.05, 0.1) is 11.9 Å². The van der Waals surface area contributed by atoms with E-state index in [1.165, 1.54) is 10.9 Å². The number of para-hydroxylation sites is 1. The molecule has 0 atom stereocenters. The van der Waals surface area contributed by atoms with Crippen molar-refractivity contribution in [2.45, 2.75) is 11.4 Å². The second-order valence-corrected chi connectivity index (χ2v) is 6.76. The maximum Gasteiger partial charge on any atom is 0.230 e. The fraction of sp³-hybridized carbons (Fsp3) is 0.167. The van der Waals surface area contributed by atoms with Crippen LogP contribution in [0.15, 0.2) is 60.0 Å². The van der Waals surface area contributed by atoms with Crippen molar-refractivity contribution in [2.75, 3.05) is 5.75 Å². The molecular formula is C18H17N5OS. The van der Waals surface area contributed by atoms with Crippen LogP contribution in [0.1, 0.15) is 5.56 Å². The molecule has 1 amide bonds. The Hall–Kier alpha value is -2.80. The third-order valence-electron chi connectivity index (χ3n) is 4.05. The van der Waals surface area contributed by atoms with Crippen molar-refractivity contribution >= 4 is 34.2 Å². The van der Waals surface area contributed by atoms with Crippen molar-refractivity contribution < 1.29 is 4.79 Å². The van der Waals surface area contributed by atoms with Gasteiger partial charge in [-0.1, -0.05) is 18.2 Å². The van der Waals surface area contributed by atoms with Crippen molar-refractivity contribution in [1.29, 1.82) is 0 Å². The summed E-state index contributed by atoms with van der Waals surface area (Å²) in [5.41, 5.74) is 2.84. The molecule has 6 nitrogen and oxygen atoms in total. The maximum absolute atomic E-state index is 12.2. The lowest BCUT2D eigenvalue weighted by Crippen LogP contribution is -2.24. The first-order valence-corrected chi connectivity index (χ1v) is 8.92. The van der Waals surface area contributed by atoms with E-state index in [9.17, 15) is 4.79 Å². The van der Waals surface area contributed by atoms with Crippen LogP contribution >= 0.6 is 11.8 Å². The molecule has 0 unspecified atom stereocenters. The first kappa shape index (κ1) is 15.7. The highest BCUT2D eigenvalue weighted by molar-refractivity contribution is 8.00. The number of nitrogens with zero attached hydrogens (tertiary/aromatic N) is 4. The zero-order valence-electron chi connectivity index (χ0n) is 13.7. The number of carbonyl (C=O) groups is 1. The standard InChI is InChI=1S/C18H17N5OS/c1-22-11-16(14-5-2-3-6-15(14)22)25-12-17(24)20-9-13-10-21-23-8-4-7-19-18(13)23/h2-8,10-11H,9,12H2,1H3,(H,20,24). The lowest BCUT2D eigenvalue weighted by molar-refractivity contribution is -0.118. The molecule has 7 heteroatoms. The Morgan fingerprint density at radius 1 is 1.28 bits per heavy atom. The fourth-order valence-electron chi connectivity index (χ4n) is 2.81. The number of benzene rings is 1. The average molecular weight is 351 g/mol. The molecule has 25 heavy (non-hydrogen) atoms. The molecule has 1 N–H and O–H groups in total.